The fraction of sp³-hybridized carbons (Fsp3) is 0.316. The Labute approximate surface area is 141 Å². The van der Waals surface area contributed by atoms with Crippen molar-refractivity contribution in [1.82, 2.24) is 10.3 Å². The van der Waals surface area contributed by atoms with Gasteiger partial charge < -0.3 is 10.6 Å². The highest BCUT2D eigenvalue weighted by molar-refractivity contribution is 5.90. The molecule has 1 aromatic heterocycles. The first-order chi connectivity index (χ1) is 11.6. The van der Waals surface area contributed by atoms with E-state index in [1.54, 1.807) is 12.3 Å². The van der Waals surface area contributed by atoms with Crippen molar-refractivity contribution in [3.63, 3.8) is 0 Å². The number of anilines is 1. The number of rotatable bonds is 6. The predicted octanol–water partition coefficient (Wildman–Crippen LogP) is 2.85. The van der Waals surface area contributed by atoms with Crippen LogP contribution in [0.2, 0.25) is 0 Å². The Morgan fingerprint density at radius 3 is 2.50 bits per heavy atom. The van der Waals surface area contributed by atoms with Crippen LogP contribution in [0.1, 0.15) is 19.8 Å². The molecule has 3 rings (SSSR count). The Balaban J connectivity index is 1.45. The lowest BCUT2D eigenvalue weighted by atomic mass is 10.1. The van der Waals surface area contributed by atoms with Crippen LogP contribution in [0.3, 0.4) is 0 Å². The van der Waals surface area contributed by atoms with Crippen LogP contribution in [-0.4, -0.2) is 23.3 Å². The topological polar surface area (TPSA) is 71.1 Å². The molecule has 1 aliphatic rings. The molecule has 1 fully saturated rings. The Bertz CT molecular complexity index is 713. The minimum Gasteiger partial charge on any atom is -0.355 e. The van der Waals surface area contributed by atoms with Crippen molar-refractivity contribution in [2.45, 2.75) is 19.8 Å². The second kappa shape index (κ2) is 7.25. The molecule has 2 aromatic rings. The number of benzene rings is 1. The number of carbonyl (C=O) groups is 2. The molecule has 5 heteroatoms. The van der Waals surface area contributed by atoms with E-state index in [9.17, 15) is 9.59 Å². The van der Waals surface area contributed by atoms with Crippen molar-refractivity contribution < 1.29 is 9.59 Å². The maximum Gasteiger partial charge on any atom is 0.227 e. The van der Waals surface area contributed by atoms with Crippen molar-refractivity contribution in [3.8, 4) is 11.1 Å². The van der Waals surface area contributed by atoms with Gasteiger partial charge in [0, 0.05) is 30.6 Å². The number of amides is 2. The first-order valence-electron chi connectivity index (χ1n) is 8.22. The second-order valence-electron chi connectivity index (χ2n) is 6.21. The van der Waals surface area contributed by atoms with Gasteiger partial charge in [0.15, 0.2) is 0 Å². The molecular weight excluding hydrogens is 302 g/mol. The summed E-state index contributed by atoms with van der Waals surface area (Å²) in [6, 6.07) is 13.6. The molecule has 1 saturated carbocycles. The van der Waals surface area contributed by atoms with Crippen LogP contribution in [0.25, 0.3) is 11.1 Å². The minimum atomic E-state index is -0.154. The van der Waals surface area contributed by atoms with Gasteiger partial charge in [0.2, 0.25) is 11.8 Å². The van der Waals surface area contributed by atoms with Gasteiger partial charge in [-0.25, -0.2) is 4.98 Å². The molecule has 0 radical (unpaired) electrons. The standard InChI is InChI=1S/C19H21N3O2/c1-13-11-16(13)19(24)20-10-9-18(23)22-17-8-7-15(12-21-17)14-5-3-2-4-6-14/h2-8,12-13,16H,9-11H2,1H3,(H,20,24)(H,21,22,23)/t13-,16+/m1/s1. The molecule has 124 valence electrons. The van der Waals surface area contributed by atoms with Crippen LogP contribution < -0.4 is 10.6 Å². The molecule has 1 aliphatic carbocycles. The summed E-state index contributed by atoms with van der Waals surface area (Å²) in [6.07, 6.45) is 2.94. The molecule has 0 unspecified atom stereocenters. The van der Waals surface area contributed by atoms with Crippen LogP contribution in [0, 0.1) is 11.8 Å². The molecule has 0 saturated heterocycles. The lowest BCUT2D eigenvalue weighted by molar-refractivity contribution is -0.122. The number of aromatic nitrogens is 1. The van der Waals surface area contributed by atoms with Crippen LogP contribution in [0.4, 0.5) is 5.82 Å². The van der Waals surface area contributed by atoms with E-state index in [0.29, 0.717) is 18.3 Å². The maximum atomic E-state index is 11.9. The summed E-state index contributed by atoms with van der Waals surface area (Å²) in [5.74, 6) is 1.04. The summed E-state index contributed by atoms with van der Waals surface area (Å²) < 4.78 is 0. The summed E-state index contributed by atoms with van der Waals surface area (Å²) in [7, 11) is 0. The van der Waals surface area contributed by atoms with Crippen molar-refractivity contribution in [3.05, 3.63) is 48.7 Å². The van der Waals surface area contributed by atoms with Gasteiger partial charge in [0.05, 0.1) is 0 Å². The Hall–Kier alpha value is -2.69. The molecule has 0 aliphatic heterocycles. The minimum absolute atomic E-state index is 0.0561. The lowest BCUT2D eigenvalue weighted by Crippen LogP contribution is -2.29. The predicted molar refractivity (Wildman–Crippen MR) is 93.2 cm³/mol. The normalized spacial score (nSPS) is 18.7. The van der Waals surface area contributed by atoms with E-state index in [4.69, 9.17) is 0 Å². The SMILES string of the molecule is C[C@@H]1C[C@@H]1C(=O)NCCC(=O)Nc1ccc(-c2ccccc2)cn1. The number of hydrogen-bond acceptors (Lipinski definition) is 3. The zero-order valence-corrected chi connectivity index (χ0v) is 13.7. The first kappa shape index (κ1) is 16.2. The van der Waals surface area contributed by atoms with Crippen LogP contribution in [-0.2, 0) is 9.59 Å². The Kier molecular flexibility index (Phi) is 4.89. The number of nitrogens with zero attached hydrogens (tertiary/aromatic N) is 1. The van der Waals surface area contributed by atoms with Gasteiger partial charge in [0.1, 0.15) is 5.82 Å². The average Bonchev–Trinajstić information content (AvgIpc) is 3.33. The zero-order valence-electron chi connectivity index (χ0n) is 13.7. The zero-order chi connectivity index (χ0) is 16.9. The third kappa shape index (κ3) is 4.19. The largest absolute Gasteiger partial charge is 0.355 e. The molecule has 2 atom stereocenters. The van der Waals surface area contributed by atoms with E-state index in [1.807, 2.05) is 36.4 Å². The van der Waals surface area contributed by atoms with Gasteiger partial charge in [-0.05, 0) is 30.0 Å². The Morgan fingerprint density at radius 1 is 1.12 bits per heavy atom. The van der Waals surface area contributed by atoms with Gasteiger partial charge in [-0.2, -0.15) is 0 Å². The molecule has 1 heterocycles. The third-order valence-corrected chi connectivity index (χ3v) is 4.24. The van der Waals surface area contributed by atoms with E-state index < -0.39 is 0 Å². The van der Waals surface area contributed by atoms with Crippen LogP contribution in [0.15, 0.2) is 48.7 Å². The summed E-state index contributed by atoms with van der Waals surface area (Å²) >= 11 is 0. The monoisotopic (exact) mass is 323 g/mol. The van der Waals surface area contributed by atoms with Gasteiger partial charge in [-0.3, -0.25) is 9.59 Å². The van der Waals surface area contributed by atoms with Gasteiger partial charge in [-0.1, -0.05) is 37.3 Å². The highest BCUT2D eigenvalue weighted by Crippen LogP contribution is 2.37. The third-order valence-electron chi connectivity index (χ3n) is 4.24. The molecule has 1 aromatic carbocycles. The summed E-state index contributed by atoms with van der Waals surface area (Å²) in [5, 5.41) is 5.55. The maximum absolute atomic E-state index is 11.9. The first-order valence-corrected chi connectivity index (χ1v) is 8.22. The second-order valence-corrected chi connectivity index (χ2v) is 6.21. The van der Waals surface area contributed by atoms with Crippen molar-refractivity contribution in [2.75, 3.05) is 11.9 Å². The highest BCUT2D eigenvalue weighted by atomic mass is 16.2. The number of hydrogen-bond donors (Lipinski definition) is 2. The molecular formula is C19H21N3O2. The summed E-state index contributed by atoms with van der Waals surface area (Å²) in [6.45, 7) is 2.41. The quantitative estimate of drug-likeness (QED) is 0.859. The van der Waals surface area contributed by atoms with E-state index in [-0.39, 0.29) is 24.2 Å². The van der Waals surface area contributed by atoms with Gasteiger partial charge >= 0.3 is 0 Å². The lowest BCUT2D eigenvalue weighted by Gasteiger charge is -2.07. The fourth-order valence-electron chi connectivity index (χ4n) is 2.59. The van der Waals surface area contributed by atoms with Gasteiger partial charge in [0.25, 0.3) is 0 Å². The highest BCUT2D eigenvalue weighted by Gasteiger charge is 2.38. The number of nitrogens with one attached hydrogen (secondary N) is 2. The van der Waals surface area contributed by atoms with Crippen LogP contribution in [0.5, 0.6) is 0 Å². The van der Waals surface area contributed by atoms with Crippen molar-refractivity contribution in [2.24, 2.45) is 11.8 Å². The van der Waals surface area contributed by atoms with Gasteiger partial charge in [-0.15, -0.1) is 0 Å². The number of pyridine rings is 1. The van der Waals surface area contributed by atoms with E-state index >= 15 is 0 Å². The fourth-order valence-corrected chi connectivity index (χ4v) is 2.59. The molecule has 0 bridgehead atoms. The Morgan fingerprint density at radius 2 is 1.88 bits per heavy atom. The molecule has 5 nitrogen and oxygen atoms in total. The van der Waals surface area contributed by atoms with E-state index in [2.05, 4.69) is 22.5 Å². The van der Waals surface area contributed by atoms with Crippen LogP contribution >= 0.6 is 0 Å². The number of carbonyl (C=O) groups excluding carboxylic acids is 2. The summed E-state index contributed by atoms with van der Waals surface area (Å²) in [4.78, 5) is 27.8. The van der Waals surface area contributed by atoms with Crippen molar-refractivity contribution >= 4 is 17.6 Å². The smallest absolute Gasteiger partial charge is 0.227 e. The molecule has 0 spiro atoms. The molecule has 2 amide bonds. The van der Waals surface area contributed by atoms with E-state index in [0.717, 1.165) is 17.5 Å². The average molecular weight is 323 g/mol. The summed E-state index contributed by atoms with van der Waals surface area (Å²) in [5.41, 5.74) is 2.08. The van der Waals surface area contributed by atoms with E-state index in [1.165, 1.54) is 0 Å². The molecule has 24 heavy (non-hydrogen) atoms. The molecule has 2 N–H and O–H groups in total. The van der Waals surface area contributed by atoms with Crippen molar-refractivity contribution in [1.29, 1.82) is 0 Å².